The Morgan fingerprint density at radius 2 is 2.30 bits per heavy atom. The number of carbonyl (C=O) groups is 1. The van der Waals surface area contributed by atoms with Crippen LogP contribution >= 0.6 is 11.3 Å². The zero-order chi connectivity index (χ0) is 16.2. The van der Waals surface area contributed by atoms with Crippen molar-refractivity contribution < 1.29 is 9.53 Å². The molecular formula is C16H20N4O2S. The third kappa shape index (κ3) is 3.29. The molecule has 0 N–H and O–H groups in total. The van der Waals surface area contributed by atoms with E-state index in [-0.39, 0.29) is 11.9 Å². The van der Waals surface area contributed by atoms with Gasteiger partial charge >= 0.3 is 0 Å². The second-order valence-electron chi connectivity index (χ2n) is 5.40. The highest BCUT2D eigenvalue weighted by atomic mass is 32.1. The molecule has 122 valence electrons. The molecule has 2 aromatic rings. The van der Waals surface area contributed by atoms with Gasteiger partial charge in [-0.25, -0.2) is 9.97 Å². The van der Waals surface area contributed by atoms with Crippen molar-refractivity contribution >= 4 is 23.1 Å². The second-order valence-corrected chi connectivity index (χ2v) is 6.35. The Bertz CT molecular complexity index is 662. The molecule has 3 rings (SSSR count). The molecule has 0 aliphatic carbocycles. The van der Waals surface area contributed by atoms with Gasteiger partial charge in [-0.2, -0.15) is 0 Å². The maximum Gasteiger partial charge on any atom is 0.263 e. The molecule has 0 bridgehead atoms. The summed E-state index contributed by atoms with van der Waals surface area (Å²) in [7, 11) is 1.87. The van der Waals surface area contributed by atoms with Gasteiger partial charge < -0.3 is 14.5 Å². The van der Waals surface area contributed by atoms with Gasteiger partial charge in [0.25, 0.3) is 11.8 Å². The van der Waals surface area contributed by atoms with Crippen molar-refractivity contribution in [2.75, 3.05) is 31.6 Å². The normalized spacial score (nSPS) is 17.3. The Morgan fingerprint density at radius 3 is 3.04 bits per heavy atom. The van der Waals surface area contributed by atoms with Crippen LogP contribution in [0.4, 0.5) is 5.82 Å². The van der Waals surface area contributed by atoms with E-state index in [1.165, 1.54) is 11.3 Å². The zero-order valence-electron chi connectivity index (χ0n) is 13.3. The van der Waals surface area contributed by atoms with Crippen LogP contribution in [0.2, 0.25) is 0 Å². The lowest BCUT2D eigenvalue weighted by Crippen LogP contribution is -2.38. The van der Waals surface area contributed by atoms with Gasteiger partial charge in [0.15, 0.2) is 5.82 Å². The van der Waals surface area contributed by atoms with Crippen LogP contribution in [0, 0.1) is 0 Å². The molecule has 1 amide bonds. The Kier molecular flexibility index (Phi) is 4.76. The standard InChI is InChI=1S/C16H20N4O2S/c1-3-22-15-14(17-7-8-18-15)20-9-6-12(11-20)19(2)16(21)13-5-4-10-23-13/h4-5,7-8,10,12H,3,6,9,11H2,1-2H3/t12-/m0/s1. The summed E-state index contributed by atoms with van der Waals surface area (Å²) >= 11 is 1.48. The number of hydrogen-bond donors (Lipinski definition) is 0. The molecule has 6 nitrogen and oxygen atoms in total. The number of hydrogen-bond acceptors (Lipinski definition) is 6. The van der Waals surface area contributed by atoms with Gasteiger partial charge in [0.05, 0.1) is 17.5 Å². The number of ether oxygens (including phenoxy) is 1. The highest BCUT2D eigenvalue weighted by molar-refractivity contribution is 7.12. The molecule has 1 aliphatic heterocycles. The first-order valence-electron chi connectivity index (χ1n) is 7.70. The molecule has 0 spiro atoms. The van der Waals surface area contributed by atoms with Crippen molar-refractivity contribution in [2.45, 2.75) is 19.4 Å². The second kappa shape index (κ2) is 6.95. The molecule has 0 radical (unpaired) electrons. The lowest BCUT2D eigenvalue weighted by Gasteiger charge is -2.25. The van der Waals surface area contributed by atoms with Gasteiger partial charge in [0.1, 0.15) is 0 Å². The maximum absolute atomic E-state index is 12.5. The Morgan fingerprint density at radius 1 is 1.48 bits per heavy atom. The Labute approximate surface area is 139 Å². The van der Waals surface area contributed by atoms with Gasteiger partial charge in [0.2, 0.25) is 0 Å². The van der Waals surface area contributed by atoms with E-state index in [9.17, 15) is 4.79 Å². The van der Waals surface area contributed by atoms with Crippen LogP contribution in [0.3, 0.4) is 0 Å². The van der Waals surface area contributed by atoms with Gasteiger partial charge in [-0.15, -0.1) is 11.3 Å². The third-order valence-electron chi connectivity index (χ3n) is 3.99. The molecule has 1 atom stereocenters. The number of likely N-dealkylation sites (N-methyl/N-ethyl adjacent to an activating group) is 1. The van der Waals surface area contributed by atoms with E-state index in [1.54, 1.807) is 12.4 Å². The van der Waals surface area contributed by atoms with E-state index in [0.29, 0.717) is 12.5 Å². The number of nitrogens with zero attached hydrogens (tertiary/aromatic N) is 4. The fourth-order valence-electron chi connectivity index (χ4n) is 2.76. The smallest absolute Gasteiger partial charge is 0.263 e. The molecule has 2 aromatic heterocycles. The molecule has 23 heavy (non-hydrogen) atoms. The van der Waals surface area contributed by atoms with Crippen LogP contribution in [0.15, 0.2) is 29.9 Å². The molecule has 0 aromatic carbocycles. The van der Waals surface area contributed by atoms with Gasteiger partial charge in [-0.1, -0.05) is 6.07 Å². The van der Waals surface area contributed by atoms with Crippen LogP contribution in [-0.2, 0) is 0 Å². The van der Waals surface area contributed by atoms with Crippen molar-refractivity contribution in [1.29, 1.82) is 0 Å². The summed E-state index contributed by atoms with van der Waals surface area (Å²) in [5.74, 6) is 1.40. The predicted octanol–water partition coefficient (Wildman–Crippen LogP) is 2.29. The summed E-state index contributed by atoms with van der Waals surface area (Å²) in [4.78, 5) is 25.9. The third-order valence-corrected chi connectivity index (χ3v) is 4.85. The van der Waals surface area contributed by atoms with E-state index < -0.39 is 0 Å². The first-order valence-corrected chi connectivity index (χ1v) is 8.58. The Hall–Kier alpha value is -2.15. The number of carbonyl (C=O) groups excluding carboxylic acids is 1. The quantitative estimate of drug-likeness (QED) is 0.841. The van der Waals surface area contributed by atoms with Gasteiger partial charge in [0, 0.05) is 32.5 Å². The predicted molar refractivity (Wildman–Crippen MR) is 90.2 cm³/mol. The number of amides is 1. The van der Waals surface area contributed by atoms with E-state index in [4.69, 9.17) is 4.74 Å². The van der Waals surface area contributed by atoms with Gasteiger partial charge in [-0.05, 0) is 24.8 Å². The van der Waals surface area contributed by atoms with Crippen molar-refractivity contribution in [1.82, 2.24) is 14.9 Å². The van der Waals surface area contributed by atoms with Crippen LogP contribution in [-0.4, -0.2) is 53.6 Å². The minimum Gasteiger partial charge on any atom is -0.475 e. The molecule has 0 saturated carbocycles. The summed E-state index contributed by atoms with van der Waals surface area (Å²) in [6.07, 6.45) is 4.22. The van der Waals surface area contributed by atoms with Crippen molar-refractivity contribution in [3.8, 4) is 5.88 Å². The highest BCUT2D eigenvalue weighted by Gasteiger charge is 2.31. The first kappa shape index (κ1) is 15.7. The van der Waals surface area contributed by atoms with Crippen molar-refractivity contribution in [3.05, 3.63) is 34.8 Å². The van der Waals surface area contributed by atoms with E-state index in [0.717, 1.165) is 30.2 Å². The highest BCUT2D eigenvalue weighted by Crippen LogP contribution is 2.28. The molecular weight excluding hydrogens is 312 g/mol. The van der Waals surface area contributed by atoms with Crippen LogP contribution < -0.4 is 9.64 Å². The van der Waals surface area contributed by atoms with E-state index >= 15 is 0 Å². The number of anilines is 1. The topological polar surface area (TPSA) is 58.6 Å². The monoisotopic (exact) mass is 332 g/mol. The molecule has 3 heterocycles. The van der Waals surface area contributed by atoms with Crippen LogP contribution in [0.5, 0.6) is 5.88 Å². The fourth-order valence-corrected chi connectivity index (χ4v) is 3.47. The summed E-state index contributed by atoms with van der Waals surface area (Å²) in [5, 5.41) is 1.93. The lowest BCUT2D eigenvalue weighted by atomic mass is 10.2. The number of aromatic nitrogens is 2. The summed E-state index contributed by atoms with van der Waals surface area (Å²) in [5.41, 5.74) is 0. The average Bonchev–Trinajstić information content (AvgIpc) is 3.26. The molecule has 7 heteroatoms. The van der Waals surface area contributed by atoms with Crippen LogP contribution in [0.1, 0.15) is 23.0 Å². The average molecular weight is 332 g/mol. The largest absolute Gasteiger partial charge is 0.475 e. The van der Waals surface area contributed by atoms with E-state index in [2.05, 4.69) is 14.9 Å². The minimum atomic E-state index is 0.0797. The molecule has 0 unspecified atom stereocenters. The molecule has 1 saturated heterocycles. The van der Waals surface area contributed by atoms with Gasteiger partial charge in [-0.3, -0.25) is 4.79 Å². The van der Waals surface area contributed by atoms with Crippen molar-refractivity contribution in [3.63, 3.8) is 0 Å². The summed E-state index contributed by atoms with van der Waals surface area (Å²) in [6, 6.07) is 3.94. The molecule has 1 fully saturated rings. The molecule has 1 aliphatic rings. The maximum atomic E-state index is 12.5. The van der Waals surface area contributed by atoms with Crippen LogP contribution in [0.25, 0.3) is 0 Å². The summed E-state index contributed by atoms with van der Waals surface area (Å²) in [6.45, 7) is 4.07. The van der Waals surface area contributed by atoms with E-state index in [1.807, 2.05) is 36.4 Å². The SMILES string of the molecule is CCOc1nccnc1N1CC[C@H](N(C)C(=O)c2cccs2)C1. The summed E-state index contributed by atoms with van der Waals surface area (Å²) < 4.78 is 5.56. The minimum absolute atomic E-state index is 0.0797. The zero-order valence-corrected chi connectivity index (χ0v) is 14.1. The number of rotatable bonds is 5. The Balaban J connectivity index is 1.70. The first-order chi connectivity index (χ1) is 11.2. The number of thiophene rings is 1. The van der Waals surface area contributed by atoms with Crippen molar-refractivity contribution in [2.24, 2.45) is 0 Å². The lowest BCUT2D eigenvalue weighted by molar-refractivity contribution is 0.0750. The fraction of sp³-hybridized carbons (Fsp3) is 0.438.